The van der Waals surface area contributed by atoms with Crippen molar-refractivity contribution in [3.63, 3.8) is 0 Å². The van der Waals surface area contributed by atoms with Gasteiger partial charge in [0.1, 0.15) is 11.9 Å². The third-order valence-electron chi connectivity index (χ3n) is 4.84. The normalized spacial score (nSPS) is 15.6. The molecule has 0 radical (unpaired) electrons. The summed E-state index contributed by atoms with van der Waals surface area (Å²) in [5.74, 6) is -0.580. The van der Waals surface area contributed by atoms with Gasteiger partial charge < -0.3 is 15.5 Å². The molecule has 0 spiro atoms. The number of piperidine rings is 1. The van der Waals surface area contributed by atoms with Crippen molar-refractivity contribution in [2.45, 2.75) is 24.9 Å². The van der Waals surface area contributed by atoms with Gasteiger partial charge in [0.05, 0.1) is 6.20 Å². The van der Waals surface area contributed by atoms with Crippen molar-refractivity contribution in [2.24, 2.45) is 7.05 Å². The zero-order chi connectivity index (χ0) is 19.4. The number of carbonyl (C=O) groups excluding carboxylic acids is 2. The number of hydrogen-bond acceptors (Lipinski definition) is 4. The Bertz CT molecular complexity index is 803. The number of hydrogen-bond donors (Lipinski definition) is 2. The quantitative estimate of drug-likeness (QED) is 0.787. The smallest absolute Gasteiger partial charge is 0.251 e. The lowest BCUT2D eigenvalue weighted by atomic mass is 10.0. The lowest BCUT2D eigenvalue weighted by molar-refractivity contribution is -0.134. The Morgan fingerprint density at radius 1 is 1.21 bits per heavy atom. The Morgan fingerprint density at radius 3 is 2.39 bits per heavy atom. The van der Waals surface area contributed by atoms with Crippen LogP contribution in [0.3, 0.4) is 0 Å². The first-order valence-corrected chi connectivity index (χ1v) is 8.99. The van der Waals surface area contributed by atoms with Crippen LogP contribution in [-0.2, 0) is 11.8 Å². The van der Waals surface area contributed by atoms with Gasteiger partial charge in [0, 0.05) is 43.5 Å². The van der Waals surface area contributed by atoms with E-state index in [1.54, 1.807) is 17.9 Å². The fourth-order valence-electron chi connectivity index (χ4n) is 3.32. The molecule has 1 fully saturated rings. The summed E-state index contributed by atoms with van der Waals surface area (Å²) in [7, 11) is 3.57. The number of nitrogens with zero attached hydrogens (tertiary/aromatic N) is 3. The van der Waals surface area contributed by atoms with Crippen molar-refractivity contribution in [3.8, 4) is 0 Å². The van der Waals surface area contributed by atoms with Crippen molar-refractivity contribution in [1.29, 1.82) is 0 Å². The van der Waals surface area contributed by atoms with Crippen LogP contribution in [0.15, 0.2) is 36.7 Å². The van der Waals surface area contributed by atoms with Crippen LogP contribution in [0.25, 0.3) is 0 Å². The van der Waals surface area contributed by atoms with E-state index in [2.05, 4.69) is 15.7 Å². The molecular weight excluding hydrogens is 385 g/mol. The molecule has 2 aromatic rings. The molecule has 1 aromatic carbocycles. The van der Waals surface area contributed by atoms with Crippen molar-refractivity contribution >= 4 is 24.2 Å². The van der Waals surface area contributed by atoms with Gasteiger partial charge in [0.2, 0.25) is 5.91 Å². The van der Waals surface area contributed by atoms with E-state index in [-0.39, 0.29) is 36.1 Å². The summed E-state index contributed by atoms with van der Waals surface area (Å²) in [6, 6.07) is 5.05. The first kappa shape index (κ1) is 21.8. The number of aryl methyl sites for hydroxylation is 1. The van der Waals surface area contributed by atoms with Gasteiger partial charge in [-0.15, -0.1) is 12.4 Å². The molecule has 1 aromatic heterocycles. The van der Waals surface area contributed by atoms with E-state index in [1.807, 2.05) is 18.1 Å². The predicted octanol–water partition coefficient (Wildman–Crippen LogP) is 1.66. The first-order valence-electron chi connectivity index (χ1n) is 8.99. The molecule has 1 unspecified atom stereocenters. The van der Waals surface area contributed by atoms with Gasteiger partial charge in [0.15, 0.2) is 0 Å². The van der Waals surface area contributed by atoms with Gasteiger partial charge in [-0.05, 0) is 44.2 Å². The second kappa shape index (κ2) is 9.66. The van der Waals surface area contributed by atoms with Crippen LogP contribution >= 0.6 is 12.4 Å². The van der Waals surface area contributed by atoms with Gasteiger partial charge in [-0.2, -0.15) is 5.10 Å². The highest BCUT2D eigenvalue weighted by Crippen LogP contribution is 2.19. The molecule has 0 bridgehead atoms. The van der Waals surface area contributed by atoms with Crippen LogP contribution in [-0.4, -0.2) is 52.7 Å². The summed E-state index contributed by atoms with van der Waals surface area (Å²) in [5, 5.41) is 10.1. The maximum atomic E-state index is 13.0. The average molecular weight is 410 g/mol. The van der Waals surface area contributed by atoms with Crippen molar-refractivity contribution in [2.75, 3.05) is 20.1 Å². The second-order valence-corrected chi connectivity index (χ2v) is 6.75. The molecule has 0 aliphatic carbocycles. The summed E-state index contributed by atoms with van der Waals surface area (Å²) in [6.45, 7) is 1.15. The number of aromatic nitrogens is 2. The van der Waals surface area contributed by atoms with Crippen LogP contribution in [0.4, 0.5) is 4.39 Å². The zero-order valence-electron chi connectivity index (χ0n) is 15.9. The Labute approximate surface area is 169 Å². The molecule has 0 saturated carbocycles. The standard InChI is InChI=1S/C19H24FN5O2.ClH/c1-21-17(14-11-22-24(2)12-14)19(27)25-9-7-16(8-10-25)23-18(26)13-3-5-15(20)6-4-13;/h3-6,11-12,16-17,21H,7-10H2,1-2H3,(H,23,26);1H. The maximum absolute atomic E-state index is 13.0. The number of benzene rings is 1. The highest BCUT2D eigenvalue weighted by molar-refractivity contribution is 5.94. The van der Waals surface area contributed by atoms with Gasteiger partial charge in [-0.1, -0.05) is 0 Å². The minimum atomic E-state index is -0.427. The van der Waals surface area contributed by atoms with E-state index in [0.29, 0.717) is 31.5 Å². The first-order chi connectivity index (χ1) is 13.0. The van der Waals surface area contributed by atoms with Crippen LogP contribution in [0, 0.1) is 5.82 Å². The van der Waals surface area contributed by atoms with E-state index in [9.17, 15) is 14.0 Å². The second-order valence-electron chi connectivity index (χ2n) is 6.75. The monoisotopic (exact) mass is 409 g/mol. The zero-order valence-corrected chi connectivity index (χ0v) is 16.7. The molecule has 7 nitrogen and oxygen atoms in total. The number of carbonyl (C=O) groups is 2. The summed E-state index contributed by atoms with van der Waals surface area (Å²) < 4.78 is 14.6. The highest BCUT2D eigenvalue weighted by atomic mass is 35.5. The number of amides is 2. The van der Waals surface area contributed by atoms with Gasteiger partial charge in [-0.25, -0.2) is 4.39 Å². The molecule has 2 heterocycles. The molecule has 1 saturated heterocycles. The Kier molecular flexibility index (Phi) is 7.53. The number of halogens is 2. The summed E-state index contributed by atoms with van der Waals surface area (Å²) in [5.41, 5.74) is 1.26. The SMILES string of the molecule is CNC(C(=O)N1CCC(NC(=O)c2ccc(F)cc2)CC1)c1cnn(C)c1.Cl. The number of rotatable bonds is 5. The molecule has 1 aliphatic heterocycles. The van der Waals surface area contributed by atoms with E-state index in [4.69, 9.17) is 0 Å². The number of likely N-dealkylation sites (tertiary alicyclic amines) is 1. The summed E-state index contributed by atoms with van der Waals surface area (Å²) >= 11 is 0. The lowest BCUT2D eigenvalue weighted by Crippen LogP contribution is -2.49. The van der Waals surface area contributed by atoms with Crippen molar-refractivity contribution < 1.29 is 14.0 Å². The van der Waals surface area contributed by atoms with E-state index < -0.39 is 6.04 Å². The highest BCUT2D eigenvalue weighted by Gasteiger charge is 2.29. The van der Waals surface area contributed by atoms with Gasteiger partial charge in [0.25, 0.3) is 5.91 Å². The molecule has 1 aliphatic rings. The van der Waals surface area contributed by atoms with E-state index in [1.165, 1.54) is 24.3 Å². The molecule has 3 rings (SSSR count). The van der Waals surface area contributed by atoms with E-state index in [0.717, 1.165) is 5.56 Å². The van der Waals surface area contributed by atoms with Crippen LogP contribution in [0.1, 0.15) is 34.8 Å². The lowest BCUT2D eigenvalue weighted by Gasteiger charge is -2.34. The topological polar surface area (TPSA) is 79.3 Å². The number of nitrogens with one attached hydrogen (secondary N) is 2. The van der Waals surface area contributed by atoms with Crippen LogP contribution in [0.2, 0.25) is 0 Å². The van der Waals surface area contributed by atoms with Crippen molar-refractivity contribution in [3.05, 3.63) is 53.6 Å². The molecule has 28 heavy (non-hydrogen) atoms. The van der Waals surface area contributed by atoms with Crippen LogP contribution < -0.4 is 10.6 Å². The Hall–Kier alpha value is -2.45. The van der Waals surface area contributed by atoms with E-state index >= 15 is 0 Å². The molecule has 1 atom stereocenters. The molecular formula is C19H25ClFN5O2. The Balaban J connectivity index is 0.00000280. The predicted molar refractivity (Wildman–Crippen MR) is 106 cm³/mol. The minimum Gasteiger partial charge on any atom is -0.349 e. The molecule has 152 valence electrons. The van der Waals surface area contributed by atoms with Crippen molar-refractivity contribution in [1.82, 2.24) is 25.3 Å². The Morgan fingerprint density at radius 2 is 1.86 bits per heavy atom. The maximum Gasteiger partial charge on any atom is 0.251 e. The minimum absolute atomic E-state index is 0. The third-order valence-corrected chi connectivity index (χ3v) is 4.84. The van der Waals surface area contributed by atoms with Gasteiger partial charge >= 0.3 is 0 Å². The third kappa shape index (κ3) is 5.08. The summed E-state index contributed by atoms with van der Waals surface area (Å²) in [4.78, 5) is 26.9. The fourth-order valence-corrected chi connectivity index (χ4v) is 3.32. The summed E-state index contributed by atoms with van der Waals surface area (Å²) in [6.07, 6.45) is 4.88. The van der Waals surface area contributed by atoms with Crippen LogP contribution in [0.5, 0.6) is 0 Å². The molecule has 2 N–H and O–H groups in total. The average Bonchev–Trinajstić information content (AvgIpc) is 3.09. The number of likely N-dealkylation sites (N-methyl/N-ethyl adjacent to an activating group) is 1. The molecule has 2 amide bonds. The fraction of sp³-hybridized carbons (Fsp3) is 0.421. The van der Waals surface area contributed by atoms with Gasteiger partial charge in [-0.3, -0.25) is 14.3 Å². The largest absolute Gasteiger partial charge is 0.349 e. The molecule has 9 heteroatoms.